The van der Waals surface area contributed by atoms with Crippen molar-refractivity contribution in [1.29, 1.82) is 0 Å². The van der Waals surface area contributed by atoms with Gasteiger partial charge in [-0.2, -0.15) is 0 Å². The highest BCUT2D eigenvalue weighted by Crippen LogP contribution is 2.19. The van der Waals surface area contributed by atoms with Gasteiger partial charge < -0.3 is 5.32 Å². The molecule has 1 heterocycles. The second-order valence-corrected chi connectivity index (χ2v) is 6.97. The quantitative estimate of drug-likeness (QED) is 0.582. The van der Waals surface area contributed by atoms with Crippen LogP contribution in [-0.4, -0.2) is 33.4 Å². The Kier molecular flexibility index (Phi) is 6.59. The zero-order valence-corrected chi connectivity index (χ0v) is 15.9. The smallest absolute Gasteiger partial charge is 0.230 e. The Morgan fingerprint density at radius 2 is 1.81 bits per heavy atom. The number of H-pyrrole nitrogens is 1. The summed E-state index contributed by atoms with van der Waals surface area (Å²) in [5.74, 6) is 0.596. The van der Waals surface area contributed by atoms with Gasteiger partial charge >= 0.3 is 0 Å². The maximum Gasteiger partial charge on any atom is 0.230 e. The number of aryl methyl sites for hydroxylation is 1. The van der Waals surface area contributed by atoms with E-state index in [0.717, 1.165) is 17.5 Å². The van der Waals surface area contributed by atoms with Gasteiger partial charge in [-0.3, -0.25) is 9.89 Å². The number of hydrogen-bond acceptors (Lipinski definition) is 4. The standard InChI is InChI=1S/C20H21FN4OS/c1-2-14-3-7-16(8-4-14)19-23-20(25-24-19)27-13-18(26)22-12-11-15-5-9-17(21)10-6-15/h3-10H,2,11-13H2,1H3,(H,22,26)(H,23,24,25). The van der Waals surface area contributed by atoms with Crippen LogP contribution in [0.2, 0.25) is 0 Å². The molecule has 0 aliphatic carbocycles. The molecule has 0 saturated carbocycles. The number of aromatic nitrogens is 3. The number of nitrogens with one attached hydrogen (secondary N) is 2. The molecule has 0 spiro atoms. The summed E-state index contributed by atoms with van der Waals surface area (Å²) in [6, 6.07) is 14.4. The lowest BCUT2D eigenvalue weighted by Crippen LogP contribution is -2.27. The first-order valence-corrected chi connectivity index (χ1v) is 9.78. The van der Waals surface area contributed by atoms with Gasteiger partial charge in [-0.1, -0.05) is 55.1 Å². The van der Waals surface area contributed by atoms with Crippen LogP contribution in [0.5, 0.6) is 0 Å². The van der Waals surface area contributed by atoms with Crippen LogP contribution in [-0.2, 0) is 17.6 Å². The van der Waals surface area contributed by atoms with E-state index in [0.29, 0.717) is 23.9 Å². The van der Waals surface area contributed by atoms with Crippen molar-refractivity contribution in [3.63, 3.8) is 0 Å². The third kappa shape index (κ3) is 5.65. The lowest BCUT2D eigenvalue weighted by atomic mass is 10.1. The summed E-state index contributed by atoms with van der Waals surface area (Å²) < 4.78 is 12.9. The van der Waals surface area contributed by atoms with Crippen molar-refractivity contribution >= 4 is 17.7 Å². The molecule has 0 aliphatic heterocycles. The van der Waals surface area contributed by atoms with E-state index < -0.39 is 0 Å². The molecule has 0 saturated heterocycles. The maximum atomic E-state index is 12.9. The van der Waals surface area contributed by atoms with Crippen molar-refractivity contribution in [2.75, 3.05) is 12.3 Å². The van der Waals surface area contributed by atoms with Crippen molar-refractivity contribution in [3.05, 3.63) is 65.5 Å². The first kappa shape index (κ1) is 19.1. The number of halogens is 1. The molecule has 3 rings (SSSR count). The van der Waals surface area contributed by atoms with Gasteiger partial charge in [0.25, 0.3) is 0 Å². The number of amides is 1. The van der Waals surface area contributed by atoms with E-state index in [1.54, 1.807) is 12.1 Å². The highest BCUT2D eigenvalue weighted by molar-refractivity contribution is 7.99. The molecule has 3 aromatic rings. The molecule has 27 heavy (non-hydrogen) atoms. The number of carbonyl (C=O) groups excluding carboxylic acids is 1. The Hall–Kier alpha value is -2.67. The Morgan fingerprint density at radius 1 is 1.11 bits per heavy atom. The summed E-state index contributed by atoms with van der Waals surface area (Å²) >= 11 is 1.28. The molecule has 0 radical (unpaired) electrons. The van der Waals surface area contributed by atoms with E-state index in [1.165, 1.54) is 29.5 Å². The lowest BCUT2D eigenvalue weighted by Gasteiger charge is -2.04. The average Bonchev–Trinajstić information content (AvgIpc) is 3.17. The third-order valence-electron chi connectivity index (χ3n) is 4.08. The van der Waals surface area contributed by atoms with Crippen molar-refractivity contribution < 1.29 is 9.18 Å². The topological polar surface area (TPSA) is 70.7 Å². The first-order valence-electron chi connectivity index (χ1n) is 8.79. The number of rotatable bonds is 8. The molecule has 1 aromatic heterocycles. The van der Waals surface area contributed by atoms with Crippen LogP contribution in [0.15, 0.2) is 53.7 Å². The molecule has 0 bridgehead atoms. The fourth-order valence-corrected chi connectivity index (χ4v) is 3.15. The number of nitrogens with zero attached hydrogens (tertiary/aromatic N) is 2. The summed E-state index contributed by atoms with van der Waals surface area (Å²) in [5, 5.41) is 10.5. The van der Waals surface area contributed by atoms with Crippen LogP contribution in [0.25, 0.3) is 11.4 Å². The fraction of sp³-hybridized carbons (Fsp3) is 0.250. The molecule has 2 aromatic carbocycles. The van der Waals surface area contributed by atoms with Gasteiger partial charge in [-0.05, 0) is 36.1 Å². The van der Waals surface area contributed by atoms with E-state index in [9.17, 15) is 9.18 Å². The second-order valence-electron chi connectivity index (χ2n) is 6.03. The van der Waals surface area contributed by atoms with Gasteiger partial charge in [0.1, 0.15) is 5.82 Å². The molecule has 0 unspecified atom stereocenters. The van der Waals surface area contributed by atoms with Gasteiger partial charge in [0, 0.05) is 12.1 Å². The van der Waals surface area contributed by atoms with E-state index in [1.807, 2.05) is 12.1 Å². The molecular weight excluding hydrogens is 363 g/mol. The molecule has 0 fully saturated rings. The van der Waals surface area contributed by atoms with Crippen LogP contribution in [0, 0.1) is 5.82 Å². The first-order chi connectivity index (χ1) is 13.1. The average molecular weight is 384 g/mol. The third-order valence-corrected chi connectivity index (χ3v) is 4.93. The lowest BCUT2D eigenvalue weighted by molar-refractivity contribution is -0.118. The van der Waals surface area contributed by atoms with Crippen LogP contribution in [0.1, 0.15) is 18.1 Å². The van der Waals surface area contributed by atoms with E-state index >= 15 is 0 Å². The number of thioether (sulfide) groups is 1. The summed E-state index contributed by atoms with van der Waals surface area (Å²) in [6.45, 7) is 2.62. The summed E-state index contributed by atoms with van der Waals surface area (Å²) in [5.41, 5.74) is 3.22. The van der Waals surface area contributed by atoms with Gasteiger partial charge in [0.2, 0.25) is 11.1 Å². The van der Waals surface area contributed by atoms with Gasteiger partial charge in [-0.25, -0.2) is 9.37 Å². The van der Waals surface area contributed by atoms with Crippen molar-refractivity contribution in [2.24, 2.45) is 0 Å². The molecule has 0 aliphatic rings. The molecule has 2 N–H and O–H groups in total. The predicted molar refractivity (Wildman–Crippen MR) is 105 cm³/mol. The molecule has 1 amide bonds. The summed E-state index contributed by atoms with van der Waals surface area (Å²) in [4.78, 5) is 16.4. The Labute approximate surface area is 161 Å². The predicted octanol–water partition coefficient (Wildman–Crippen LogP) is 3.62. The zero-order chi connectivity index (χ0) is 19.1. The van der Waals surface area contributed by atoms with Crippen LogP contribution < -0.4 is 5.32 Å². The maximum absolute atomic E-state index is 12.9. The van der Waals surface area contributed by atoms with Crippen molar-refractivity contribution in [2.45, 2.75) is 24.9 Å². The van der Waals surface area contributed by atoms with Crippen molar-refractivity contribution in [3.8, 4) is 11.4 Å². The van der Waals surface area contributed by atoms with Crippen LogP contribution >= 0.6 is 11.8 Å². The highest BCUT2D eigenvalue weighted by atomic mass is 32.2. The minimum atomic E-state index is -0.258. The minimum absolute atomic E-state index is 0.0826. The molecule has 5 nitrogen and oxygen atoms in total. The number of aromatic amines is 1. The Balaban J connectivity index is 1.43. The Bertz CT molecular complexity index is 878. The fourth-order valence-electron chi connectivity index (χ4n) is 2.52. The van der Waals surface area contributed by atoms with Gasteiger partial charge in [0.15, 0.2) is 5.82 Å². The van der Waals surface area contributed by atoms with E-state index in [-0.39, 0.29) is 17.5 Å². The van der Waals surface area contributed by atoms with Gasteiger partial charge in [-0.15, -0.1) is 5.10 Å². The second kappa shape index (κ2) is 9.32. The molecular formula is C20H21FN4OS. The number of benzene rings is 2. The molecule has 0 atom stereocenters. The van der Waals surface area contributed by atoms with Gasteiger partial charge in [0.05, 0.1) is 5.75 Å². The monoisotopic (exact) mass is 384 g/mol. The summed E-state index contributed by atoms with van der Waals surface area (Å²) in [7, 11) is 0. The normalized spacial score (nSPS) is 10.7. The SMILES string of the molecule is CCc1ccc(-c2nc(SCC(=O)NCCc3ccc(F)cc3)n[nH]2)cc1. The van der Waals surface area contributed by atoms with Crippen molar-refractivity contribution in [1.82, 2.24) is 20.5 Å². The van der Waals surface area contributed by atoms with Crippen LogP contribution in [0.3, 0.4) is 0 Å². The minimum Gasteiger partial charge on any atom is -0.355 e. The zero-order valence-electron chi connectivity index (χ0n) is 15.0. The van der Waals surface area contributed by atoms with E-state index in [2.05, 4.69) is 39.6 Å². The summed E-state index contributed by atoms with van der Waals surface area (Å²) in [6.07, 6.45) is 1.66. The highest BCUT2D eigenvalue weighted by Gasteiger charge is 2.09. The molecule has 7 heteroatoms. The molecule has 140 valence electrons. The van der Waals surface area contributed by atoms with Crippen LogP contribution in [0.4, 0.5) is 4.39 Å². The number of hydrogen-bond donors (Lipinski definition) is 2. The van der Waals surface area contributed by atoms with E-state index in [4.69, 9.17) is 0 Å². The Morgan fingerprint density at radius 3 is 2.52 bits per heavy atom. The number of carbonyl (C=O) groups is 1. The largest absolute Gasteiger partial charge is 0.355 e.